The van der Waals surface area contributed by atoms with Crippen LogP contribution in [-0.2, 0) is 11.4 Å². The highest BCUT2D eigenvalue weighted by Gasteiger charge is 2.31. The summed E-state index contributed by atoms with van der Waals surface area (Å²) in [7, 11) is 0. The van der Waals surface area contributed by atoms with E-state index in [1.54, 1.807) is 4.90 Å². The molecule has 0 aliphatic carbocycles. The minimum atomic E-state index is 0.00202. The number of carbonyl (C=O) groups is 1. The molecule has 6 heteroatoms. The maximum absolute atomic E-state index is 12.6. The molecule has 0 atom stereocenters. The molecule has 1 aliphatic heterocycles. The number of amides is 1. The van der Waals surface area contributed by atoms with Crippen LogP contribution < -0.4 is 4.74 Å². The molecular weight excluding hydrogens is 380 g/mol. The first-order valence-electron chi connectivity index (χ1n) is 8.84. The van der Waals surface area contributed by atoms with Gasteiger partial charge in [0, 0.05) is 18.1 Å². The van der Waals surface area contributed by atoms with E-state index >= 15 is 0 Å². The third-order valence-electron chi connectivity index (χ3n) is 3.97. The first-order chi connectivity index (χ1) is 13.1. The first kappa shape index (κ1) is 19.5. The number of hydrogen-bond donors (Lipinski definition) is 0. The van der Waals surface area contributed by atoms with Crippen LogP contribution in [0.4, 0.5) is 0 Å². The molecule has 1 amide bonds. The molecule has 1 heterocycles. The van der Waals surface area contributed by atoms with Crippen molar-refractivity contribution in [3.05, 3.63) is 69.6 Å². The van der Waals surface area contributed by atoms with Crippen LogP contribution in [0.1, 0.15) is 25.0 Å². The Hall–Kier alpha value is -2.24. The number of ether oxygens (including phenoxy) is 1. The zero-order chi connectivity index (χ0) is 19.2. The number of benzene rings is 2. The minimum absolute atomic E-state index is 0.00202. The molecule has 0 aromatic heterocycles. The van der Waals surface area contributed by atoms with E-state index in [1.165, 1.54) is 11.8 Å². The average Bonchev–Trinajstić information content (AvgIpc) is 2.96. The fraction of sp³-hybridized carbons (Fsp3) is 0.238. The summed E-state index contributed by atoms with van der Waals surface area (Å²) in [5, 5.41) is 1.48. The van der Waals surface area contributed by atoms with E-state index in [4.69, 9.17) is 16.3 Å². The maximum atomic E-state index is 12.6. The summed E-state index contributed by atoms with van der Waals surface area (Å²) in [5.74, 6) is 0.756. The topological polar surface area (TPSA) is 41.9 Å². The van der Waals surface area contributed by atoms with E-state index in [2.05, 4.69) is 4.99 Å². The van der Waals surface area contributed by atoms with Crippen molar-refractivity contribution in [2.45, 2.75) is 20.5 Å². The molecule has 0 radical (unpaired) electrons. The Morgan fingerprint density at radius 1 is 1.19 bits per heavy atom. The van der Waals surface area contributed by atoms with Crippen molar-refractivity contribution in [2.24, 2.45) is 4.99 Å². The van der Waals surface area contributed by atoms with Gasteiger partial charge in [0.2, 0.25) is 0 Å². The summed E-state index contributed by atoms with van der Waals surface area (Å²) in [5.41, 5.74) is 1.97. The van der Waals surface area contributed by atoms with E-state index in [-0.39, 0.29) is 5.91 Å². The molecule has 2 aromatic rings. The highest BCUT2D eigenvalue weighted by Crippen LogP contribution is 2.32. The van der Waals surface area contributed by atoms with Gasteiger partial charge in [0.15, 0.2) is 5.17 Å². The van der Waals surface area contributed by atoms with Crippen LogP contribution >= 0.6 is 23.4 Å². The number of hydrogen-bond acceptors (Lipinski definition) is 4. The number of carbonyl (C=O) groups excluding carboxylic acids is 1. The van der Waals surface area contributed by atoms with Gasteiger partial charge in [-0.3, -0.25) is 14.7 Å². The predicted octanol–water partition coefficient (Wildman–Crippen LogP) is 5.23. The van der Waals surface area contributed by atoms with Gasteiger partial charge in [-0.2, -0.15) is 0 Å². The largest absolute Gasteiger partial charge is 0.489 e. The van der Waals surface area contributed by atoms with Crippen LogP contribution in [0.15, 0.2) is 58.4 Å². The van der Waals surface area contributed by atoms with Crippen molar-refractivity contribution < 1.29 is 9.53 Å². The highest BCUT2D eigenvalue weighted by atomic mass is 35.5. The van der Waals surface area contributed by atoms with Gasteiger partial charge in [-0.15, -0.1) is 0 Å². The van der Waals surface area contributed by atoms with Gasteiger partial charge < -0.3 is 4.74 Å². The van der Waals surface area contributed by atoms with Gasteiger partial charge >= 0.3 is 0 Å². The van der Waals surface area contributed by atoms with Crippen LogP contribution in [0, 0.1) is 0 Å². The molecule has 0 saturated carbocycles. The number of nitrogens with zero attached hydrogens (tertiary/aromatic N) is 2. The molecule has 3 rings (SSSR count). The summed E-state index contributed by atoms with van der Waals surface area (Å²) in [6, 6.07) is 15.3. The number of halogens is 1. The standard InChI is InChI=1S/C21H21ClN2O2S/c1-3-23-21-24(4-2)20(25)19(27-21)13-16-6-5-7-18(12-16)26-14-15-8-10-17(22)11-9-15/h5-13H,3-4,14H2,1-2H3/b19-13-,23-21?. The molecule has 140 valence electrons. The quantitative estimate of drug-likeness (QED) is 0.623. The number of likely N-dealkylation sites (N-methyl/N-ethyl adjacent to an activating group) is 1. The minimum Gasteiger partial charge on any atom is -0.489 e. The van der Waals surface area contributed by atoms with Gasteiger partial charge in [0.05, 0.1) is 4.91 Å². The van der Waals surface area contributed by atoms with Crippen LogP contribution in [0.5, 0.6) is 5.75 Å². The third kappa shape index (κ3) is 4.93. The second-order valence-electron chi connectivity index (χ2n) is 5.90. The lowest BCUT2D eigenvalue weighted by Gasteiger charge is -2.11. The van der Waals surface area contributed by atoms with E-state index in [0.29, 0.717) is 29.6 Å². The van der Waals surface area contributed by atoms with Crippen LogP contribution in [-0.4, -0.2) is 29.1 Å². The Morgan fingerprint density at radius 2 is 1.96 bits per heavy atom. The van der Waals surface area contributed by atoms with Gasteiger partial charge in [-0.05, 0) is 67.1 Å². The second-order valence-corrected chi connectivity index (χ2v) is 7.35. The Kier molecular flexibility index (Phi) is 6.58. The van der Waals surface area contributed by atoms with Gasteiger partial charge in [-0.1, -0.05) is 35.9 Å². The molecule has 4 nitrogen and oxygen atoms in total. The third-order valence-corrected chi connectivity index (χ3v) is 5.27. The lowest BCUT2D eigenvalue weighted by Crippen LogP contribution is -2.28. The summed E-state index contributed by atoms with van der Waals surface area (Å²) >= 11 is 7.33. The number of amidine groups is 1. The Balaban J connectivity index is 1.73. The SMILES string of the molecule is CCN=C1S/C(=C\c2cccc(OCc3ccc(Cl)cc3)c2)C(=O)N1CC. The molecule has 1 fully saturated rings. The van der Waals surface area contributed by atoms with Gasteiger partial charge in [-0.25, -0.2) is 0 Å². The Morgan fingerprint density at radius 3 is 2.67 bits per heavy atom. The average molecular weight is 401 g/mol. The van der Waals surface area contributed by atoms with E-state index < -0.39 is 0 Å². The molecule has 1 saturated heterocycles. The smallest absolute Gasteiger partial charge is 0.266 e. The maximum Gasteiger partial charge on any atom is 0.266 e. The second kappa shape index (κ2) is 9.11. The molecular formula is C21H21ClN2O2S. The highest BCUT2D eigenvalue weighted by molar-refractivity contribution is 8.18. The number of aliphatic imine (C=N–C) groups is 1. The van der Waals surface area contributed by atoms with E-state index in [0.717, 1.165) is 22.0 Å². The molecule has 1 aliphatic rings. The van der Waals surface area contributed by atoms with Gasteiger partial charge in [0.25, 0.3) is 5.91 Å². The fourth-order valence-electron chi connectivity index (χ4n) is 2.63. The van der Waals surface area contributed by atoms with Crippen LogP contribution in [0.2, 0.25) is 5.02 Å². The van der Waals surface area contributed by atoms with Crippen molar-refractivity contribution in [1.29, 1.82) is 0 Å². The summed E-state index contributed by atoms with van der Waals surface area (Å²) in [6.45, 7) is 5.66. The summed E-state index contributed by atoms with van der Waals surface area (Å²) < 4.78 is 5.87. The molecule has 0 unspecified atom stereocenters. The monoisotopic (exact) mass is 400 g/mol. The lowest BCUT2D eigenvalue weighted by atomic mass is 10.2. The van der Waals surface area contributed by atoms with Crippen molar-refractivity contribution in [3.8, 4) is 5.75 Å². The molecule has 2 aromatic carbocycles. The number of thioether (sulfide) groups is 1. The first-order valence-corrected chi connectivity index (χ1v) is 10.0. The van der Waals surface area contributed by atoms with Crippen molar-refractivity contribution >= 4 is 40.5 Å². The molecule has 27 heavy (non-hydrogen) atoms. The zero-order valence-corrected chi connectivity index (χ0v) is 16.9. The molecule has 0 N–H and O–H groups in total. The number of rotatable bonds is 6. The lowest BCUT2D eigenvalue weighted by molar-refractivity contribution is -0.122. The predicted molar refractivity (Wildman–Crippen MR) is 113 cm³/mol. The van der Waals surface area contributed by atoms with Crippen molar-refractivity contribution in [2.75, 3.05) is 13.1 Å². The molecule has 0 spiro atoms. The van der Waals surface area contributed by atoms with Crippen molar-refractivity contribution in [3.63, 3.8) is 0 Å². The zero-order valence-electron chi connectivity index (χ0n) is 15.3. The fourth-order valence-corrected chi connectivity index (χ4v) is 3.86. The Labute approximate surface area is 168 Å². The Bertz CT molecular complexity index is 878. The van der Waals surface area contributed by atoms with E-state index in [1.807, 2.05) is 68.5 Å². The van der Waals surface area contributed by atoms with Crippen molar-refractivity contribution in [1.82, 2.24) is 4.90 Å². The van der Waals surface area contributed by atoms with E-state index in [9.17, 15) is 4.79 Å². The normalized spacial score (nSPS) is 17.1. The van der Waals surface area contributed by atoms with Gasteiger partial charge in [0.1, 0.15) is 12.4 Å². The van der Waals surface area contributed by atoms with Crippen LogP contribution in [0.25, 0.3) is 6.08 Å². The summed E-state index contributed by atoms with van der Waals surface area (Å²) in [4.78, 5) is 19.4. The molecule has 0 bridgehead atoms. The van der Waals surface area contributed by atoms with Crippen LogP contribution in [0.3, 0.4) is 0 Å². The summed E-state index contributed by atoms with van der Waals surface area (Å²) in [6.07, 6.45) is 1.89.